The Morgan fingerprint density at radius 1 is 1.30 bits per heavy atom. The van der Waals surface area contributed by atoms with Gasteiger partial charge in [-0.1, -0.05) is 0 Å². The van der Waals surface area contributed by atoms with Crippen LogP contribution in [0.5, 0.6) is 0 Å². The highest BCUT2D eigenvalue weighted by Gasteiger charge is 2.15. The number of amides is 1. The van der Waals surface area contributed by atoms with Gasteiger partial charge in [0.15, 0.2) is 0 Å². The number of tetrazole rings is 1. The SMILES string of the molecule is CC(C)(C)NC(=O)Cn1nnc(-c2ccc(F)cc2)n1. The van der Waals surface area contributed by atoms with Gasteiger partial charge in [0.1, 0.15) is 12.4 Å². The summed E-state index contributed by atoms with van der Waals surface area (Å²) in [6.45, 7) is 5.67. The summed E-state index contributed by atoms with van der Waals surface area (Å²) in [5.74, 6) is -0.167. The van der Waals surface area contributed by atoms with Gasteiger partial charge < -0.3 is 5.32 Å². The molecule has 0 saturated heterocycles. The van der Waals surface area contributed by atoms with E-state index < -0.39 is 0 Å². The molecule has 1 heterocycles. The van der Waals surface area contributed by atoms with Crippen molar-refractivity contribution in [2.75, 3.05) is 0 Å². The van der Waals surface area contributed by atoms with Gasteiger partial charge in [0.05, 0.1) is 0 Å². The molecule has 1 N–H and O–H groups in total. The van der Waals surface area contributed by atoms with Gasteiger partial charge in [-0.3, -0.25) is 4.79 Å². The fourth-order valence-corrected chi connectivity index (χ4v) is 1.61. The molecule has 0 atom stereocenters. The zero-order valence-electron chi connectivity index (χ0n) is 11.6. The molecule has 1 aromatic carbocycles. The first-order valence-corrected chi connectivity index (χ1v) is 6.18. The number of carbonyl (C=O) groups excluding carboxylic acids is 1. The summed E-state index contributed by atoms with van der Waals surface area (Å²) < 4.78 is 12.8. The smallest absolute Gasteiger partial charge is 0.244 e. The second-order valence-corrected chi connectivity index (χ2v) is 5.45. The van der Waals surface area contributed by atoms with Crippen molar-refractivity contribution < 1.29 is 9.18 Å². The van der Waals surface area contributed by atoms with Crippen molar-refractivity contribution >= 4 is 5.91 Å². The van der Waals surface area contributed by atoms with Crippen molar-refractivity contribution in [3.8, 4) is 11.4 Å². The van der Waals surface area contributed by atoms with Crippen molar-refractivity contribution in [1.29, 1.82) is 0 Å². The van der Waals surface area contributed by atoms with E-state index in [1.54, 1.807) is 12.1 Å². The van der Waals surface area contributed by atoms with E-state index in [1.165, 1.54) is 16.9 Å². The zero-order valence-corrected chi connectivity index (χ0v) is 11.6. The molecule has 6 nitrogen and oxygen atoms in total. The maximum Gasteiger partial charge on any atom is 0.244 e. The summed E-state index contributed by atoms with van der Waals surface area (Å²) in [7, 11) is 0. The standard InChI is InChI=1S/C13H16FN5O/c1-13(2,3)15-11(20)8-19-17-12(16-18-19)9-4-6-10(14)7-5-9/h4-7H,8H2,1-3H3,(H,15,20). The molecule has 106 valence electrons. The summed E-state index contributed by atoms with van der Waals surface area (Å²) in [4.78, 5) is 12.9. The lowest BCUT2D eigenvalue weighted by molar-refractivity contribution is -0.123. The van der Waals surface area contributed by atoms with Gasteiger partial charge in [-0.15, -0.1) is 10.2 Å². The van der Waals surface area contributed by atoms with E-state index in [0.717, 1.165) is 0 Å². The summed E-state index contributed by atoms with van der Waals surface area (Å²) in [6, 6.07) is 5.77. The Kier molecular flexibility index (Phi) is 3.78. The molecule has 2 rings (SSSR count). The molecule has 0 spiro atoms. The molecular formula is C13H16FN5O. The maximum absolute atomic E-state index is 12.8. The van der Waals surface area contributed by atoms with Crippen LogP contribution in [0.2, 0.25) is 0 Å². The van der Waals surface area contributed by atoms with Gasteiger partial charge in [0, 0.05) is 11.1 Å². The van der Waals surface area contributed by atoms with Crippen LogP contribution in [0.3, 0.4) is 0 Å². The number of carbonyl (C=O) groups is 1. The van der Waals surface area contributed by atoms with Gasteiger partial charge in [0.2, 0.25) is 11.7 Å². The minimum atomic E-state index is -0.328. The predicted molar refractivity (Wildman–Crippen MR) is 71.1 cm³/mol. The van der Waals surface area contributed by atoms with Crippen LogP contribution in [0.25, 0.3) is 11.4 Å². The number of hydrogen-bond acceptors (Lipinski definition) is 4. The monoisotopic (exact) mass is 277 g/mol. The molecule has 7 heteroatoms. The van der Waals surface area contributed by atoms with Crippen LogP contribution in [0.4, 0.5) is 4.39 Å². The second kappa shape index (κ2) is 5.36. The lowest BCUT2D eigenvalue weighted by atomic mass is 10.1. The minimum Gasteiger partial charge on any atom is -0.350 e. The number of rotatable bonds is 3. The Balaban J connectivity index is 2.06. The Morgan fingerprint density at radius 2 is 1.95 bits per heavy atom. The minimum absolute atomic E-state index is 0.00847. The fourth-order valence-electron chi connectivity index (χ4n) is 1.61. The van der Waals surface area contributed by atoms with Crippen LogP contribution in [-0.4, -0.2) is 31.7 Å². The van der Waals surface area contributed by atoms with E-state index in [4.69, 9.17) is 0 Å². The largest absolute Gasteiger partial charge is 0.350 e. The van der Waals surface area contributed by atoms with E-state index >= 15 is 0 Å². The first-order valence-electron chi connectivity index (χ1n) is 6.18. The first kappa shape index (κ1) is 14.1. The molecule has 0 radical (unpaired) electrons. The molecule has 1 aromatic heterocycles. The van der Waals surface area contributed by atoms with Crippen molar-refractivity contribution in [3.05, 3.63) is 30.1 Å². The van der Waals surface area contributed by atoms with Crippen LogP contribution in [-0.2, 0) is 11.3 Å². The first-order chi connectivity index (χ1) is 9.33. The number of aromatic nitrogens is 4. The van der Waals surface area contributed by atoms with Crippen molar-refractivity contribution in [1.82, 2.24) is 25.5 Å². The van der Waals surface area contributed by atoms with E-state index in [2.05, 4.69) is 20.7 Å². The Labute approximate surface area is 116 Å². The molecule has 0 aliphatic heterocycles. The van der Waals surface area contributed by atoms with E-state index in [1.807, 2.05) is 20.8 Å². The molecule has 20 heavy (non-hydrogen) atoms. The maximum atomic E-state index is 12.8. The number of halogens is 1. The average molecular weight is 277 g/mol. The lowest BCUT2D eigenvalue weighted by Crippen LogP contribution is -2.42. The molecule has 0 saturated carbocycles. The van der Waals surface area contributed by atoms with Crippen LogP contribution in [0.15, 0.2) is 24.3 Å². The summed E-state index contributed by atoms with van der Waals surface area (Å²) in [5.41, 5.74) is 0.339. The highest BCUT2D eigenvalue weighted by molar-refractivity contribution is 5.76. The molecular weight excluding hydrogens is 261 g/mol. The molecule has 0 aliphatic rings. The van der Waals surface area contributed by atoms with Crippen molar-refractivity contribution in [2.45, 2.75) is 32.9 Å². The van der Waals surface area contributed by atoms with Gasteiger partial charge in [-0.05, 0) is 50.3 Å². The second-order valence-electron chi connectivity index (χ2n) is 5.45. The quantitative estimate of drug-likeness (QED) is 0.920. The number of nitrogens with zero attached hydrogens (tertiary/aromatic N) is 4. The fraction of sp³-hybridized carbons (Fsp3) is 0.385. The highest BCUT2D eigenvalue weighted by Crippen LogP contribution is 2.13. The highest BCUT2D eigenvalue weighted by atomic mass is 19.1. The van der Waals surface area contributed by atoms with Crippen LogP contribution in [0.1, 0.15) is 20.8 Å². The third kappa shape index (κ3) is 3.84. The van der Waals surface area contributed by atoms with Crippen molar-refractivity contribution in [3.63, 3.8) is 0 Å². The lowest BCUT2D eigenvalue weighted by Gasteiger charge is -2.19. The Hall–Kier alpha value is -2.31. The van der Waals surface area contributed by atoms with E-state index in [9.17, 15) is 9.18 Å². The van der Waals surface area contributed by atoms with Gasteiger partial charge in [-0.25, -0.2) is 4.39 Å². The molecule has 1 amide bonds. The van der Waals surface area contributed by atoms with Crippen LogP contribution in [0, 0.1) is 5.82 Å². The average Bonchev–Trinajstić information content (AvgIpc) is 2.75. The van der Waals surface area contributed by atoms with Gasteiger partial charge in [0.25, 0.3) is 0 Å². The van der Waals surface area contributed by atoms with Gasteiger partial charge in [-0.2, -0.15) is 4.80 Å². The third-order valence-corrected chi connectivity index (χ3v) is 2.35. The van der Waals surface area contributed by atoms with E-state index in [0.29, 0.717) is 11.4 Å². The zero-order chi connectivity index (χ0) is 14.8. The summed E-state index contributed by atoms with van der Waals surface area (Å²) >= 11 is 0. The van der Waals surface area contributed by atoms with Crippen molar-refractivity contribution in [2.24, 2.45) is 0 Å². The van der Waals surface area contributed by atoms with Gasteiger partial charge >= 0.3 is 0 Å². The molecule has 0 fully saturated rings. The number of hydrogen-bond donors (Lipinski definition) is 1. The number of benzene rings is 1. The third-order valence-electron chi connectivity index (χ3n) is 2.35. The normalized spacial score (nSPS) is 11.4. The summed E-state index contributed by atoms with van der Waals surface area (Å²) in [6.07, 6.45) is 0. The topological polar surface area (TPSA) is 72.7 Å². The molecule has 0 bridgehead atoms. The molecule has 0 unspecified atom stereocenters. The van der Waals surface area contributed by atoms with E-state index in [-0.39, 0.29) is 23.8 Å². The number of nitrogens with one attached hydrogen (secondary N) is 1. The molecule has 2 aromatic rings. The Bertz CT molecular complexity index is 600. The predicted octanol–water partition coefficient (Wildman–Crippen LogP) is 1.39. The molecule has 0 aliphatic carbocycles. The summed E-state index contributed by atoms with van der Waals surface area (Å²) in [5, 5.41) is 14.5. The Morgan fingerprint density at radius 3 is 2.55 bits per heavy atom. The van der Waals surface area contributed by atoms with Crippen LogP contribution >= 0.6 is 0 Å². The van der Waals surface area contributed by atoms with Crippen LogP contribution < -0.4 is 5.32 Å².